The van der Waals surface area contributed by atoms with Gasteiger partial charge >= 0.3 is 0 Å². The maximum absolute atomic E-state index is 13.0. The molecule has 1 unspecified atom stereocenters. The highest BCUT2D eigenvalue weighted by Crippen LogP contribution is 2.56. The Morgan fingerprint density at radius 1 is 1.27 bits per heavy atom. The fourth-order valence-electron chi connectivity index (χ4n) is 4.87. The average Bonchev–Trinajstić information content (AvgIpc) is 3.19. The number of aryl methyl sites for hydroxylation is 1. The molecule has 26 heavy (non-hydrogen) atoms. The smallest absolute Gasteiger partial charge is 0.227 e. The van der Waals surface area contributed by atoms with Crippen molar-refractivity contribution in [2.45, 2.75) is 57.4 Å². The summed E-state index contributed by atoms with van der Waals surface area (Å²) in [4.78, 5) is 15.1. The van der Waals surface area contributed by atoms with Gasteiger partial charge in [-0.1, -0.05) is 30.7 Å². The molecule has 1 aromatic carbocycles. The maximum Gasteiger partial charge on any atom is 0.227 e. The number of amides is 1. The molecule has 3 fully saturated rings. The van der Waals surface area contributed by atoms with Gasteiger partial charge in [0, 0.05) is 25.0 Å². The van der Waals surface area contributed by atoms with E-state index in [0.717, 1.165) is 24.5 Å². The summed E-state index contributed by atoms with van der Waals surface area (Å²) in [5.74, 6) is 1.73. The lowest BCUT2D eigenvalue weighted by atomic mass is 9.62. The fourth-order valence-corrected chi connectivity index (χ4v) is 4.87. The second-order valence-electron chi connectivity index (χ2n) is 8.47. The Bertz CT molecular complexity index is 834. The summed E-state index contributed by atoms with van der Waals surface area (Å²) in [5, 5.41) is 8.71. The molecule has 0 N–H and O–H groups in total. The van der Waals surface area contributed by atoms with E-state index >= 15 is 0 Å². The number of nitrogens with zero attached hydrogens (tertiary/aromatic N) is 4. The predicted octanol–water partition coefficient (Wildman–Crippen LogP) is 3.26. The summed E-state index contributed by atoms with van der Waals surface area (Å²) in [5.41, 5.74) is 2.58. The van der Waals surface area contributed by atoms with E-state index in [4.69, 9.17) is 0 Å². The lowest BCUT2D eigenvalue weighted by molar-refractivity contribution is -0.130. The van der Waals surface area contributed by atoms with E-state index in [1.807, 2.05) is 18.5 Å². The van der Waals surface area contributed by atoms with Crippen molar-refractivity contribution in [3.8, 4) is 0 Å². The number of benzene rings is 1. The van der Waals surface area contributed by atoms with Crippen LogP contribution in [0.15, 0.2) is 30.6 Å². The van der Waals surface area contributed by atoms with Crippen LogP contribution in [0.1, 0.15) is 61.0 Å². The van der Waals surface area contributed by atoms with Crippen molar-refractivity contribution in [1.82, 2.24) is 19.7 Å². The third-order valence-electron chi connectivity index (χ3n) is 6.81. The molecule has 2 heterocycles. The van der Waals surface area contributed by atoms with Crippen molar-refractivity contribution in [2.24, 2.45) is 5.41 Å². The number of likely N-dealkylation sites (tertiary alicyclic amines) is 1. The molecule has 2 aliphatic carbocycles. The minimum absolute atomic E-state index is 0.237. The van der Waals surface area contributed by atoms with Crippen LogP contribution >= 0.6 is 0 Å². The number of carbonyl (C=O) groups excluding carboxylic acids is 1. The van der Waals surface area contributed by atoms with Crippen LogP contribution in [0.2, 0.25) is 0 Å². The highest BCUT2D eigenvalue weighted by molar-refractivity contribution is 5.79. The van der Waals surface area contributed by atoms with Crippen LogP contribution in [0, 0.1) is 12.3 Å². The van der Waals surface area contributed by atoms with Crippen LogP contribution in [0.5, 0.6) is 0 Å². The summed E-state index contributed by atoms with van der Waals surface area (Å²) in [6.45, 7) is 3.77. The van der Waals surface area contributed by atoms with E-state index in [9.17, 15) is 4.79 Å². The molecular weight excluding hydrogens is 324 g/mol. The Morgan fingerprint density at radius 2 is 2.08 bits per heavy atom. The summed E-state index contributed by atoms with van der Waals surface area (Å²) in [7, 11) is 0. The molecule has 1 saturated heterocycles. The van der Waals surface area contributed by atoms with Gasteiger partial charge in [-0.25, -0.2) is 0 Å². The lowest BCUT2D eigenvalue weighted by Crippen LogP contribution is -2.38. The molecular formula is C21H26N4O. The van der Waals surface area contributed by atoms with Crippen LogP contribution in [0.4, 0.5) is 0 Å². The van der Waals surface area contributed by atoms with Crippen molar-refractivity contribution in [3.63, 3.8) is 0 Å². The summed E-state index contributed by atoms with van der Waals surface area (Å²) < 4.78 is 2.29. The van der Waals surface area contributed by atoms with Gasteiger partial charge in [-0.3, -0.25) is 4.79 Å². The molecule has 5 nitrogen and oxygen atoms in total. The third kappa shape index (κ3) is 2.56. The van der Waals surface area contributed by atoms with Gasteiger partial charge in [-0.05, 0) is 49.1 Å². The molecule has 1 aromatic heterocycles. The van der Waals surface area contributed by atoms with Crippen molar-refractivity contribution in [2.75, 3.05) is 13.1 Å². The quantitative estimate of drug-likeness (QED) is 0.850. The molecule has 1 spiro atoms. The Hall–Kier alpha value is -2.17. The maximum atomic E-state index is 13.0. The minimum Gasteiger partial charge on any atom is -0.341 e. The van der Waals surface area contributed by atoms with E-state index < -0.39 is 0 Å². The normalized spacial score (nSPS) is 24.0. The number of aromatic nitrogens is 3. The Kier molecular flexibility index (Phi) is 3.66. The molecule has 136 valence electrons. The molecule has 5 heteroatoms. The Labute approximate surface area is 154 Å². The summed E-state index contributed by atoms with van der Waals surface area (Å²) in [6, 6.07) is 8.80. The van der Waals surface area contributed by atoms with Gasteiger partial charge in [0.25, 0.3) is 0 Å². The number of rotatable bonds is 4. The SMILES string of the molecule is Cc1ccccc1CC(=O)N1CC(c2nncn2C2CC2)C2(CCC2)C1. The third-order valence-corrected chi connectivity index (χ3v) is 6.81. The van der Waals surface area contributed by atoms with Crippen LogP contribution < -0.4 is 0 Å². The van der Waals surface area contributed by atoms with Crippen molar-refractivity contribution in [3.05, 3.63) is 47.5 Å². The molecule has 1 atom stereocenters. The first-order valence-corrected chi connectivity index (χ1v) is 9.88. The number of hydrogen-bond donors (Lipinski definition) is 0. The zero-order chi connectivity index (χ0) is 17.7. The lowest BCUT2D eigenvalue weighted by Gasteiger charge is -2.42. The van der Waals surface area contributed by atoms with Crippen LogP contribution in [-0.2, 0) is 11.2 Å². The Balaban J connectivity index is 1.38. The monoisotopic (exact) mass is 350 g/mol. The zero-order valence-electron chi connectivity index (χ0n) is 15.4. The minimum atomic E-state index is 0.237. The van der Waals surface area contributed by atoms with E-state index in [1.165, 1.54) is 37.7 Å². The second kappa shape index (κ2) is 5.93. The summed E-state index contributed by atoms with van der Waals surface area (Å²) >= 11 is 0. The van der Waals surface area contributed by atoms with Crippen molar-refractivity contribution >= 4 is 5.91 Å². The van der Waals surface area contributed by atoms with E-state index in [2.05, 4.69) is 38.7 Å². The second-order valence-corrected chi connectivity index (χ2v) is 8.47. The highest BCUT2D eigenvalue weighted by Gasteiger charge is 2.54. The van der Waals surface area contributed by atoms with E-state index in [1.54, 1.807) is 0 Å². The first-order valence-electron chi connectivity index (χ1n) is 9.88. The first-order chi connectivity index (χ1) is 12.7. The zero-order valence-corrected chi connectivity index (χ0v) is 15.4. The van der Waals surface area contributed by atoms with Gasteiger partial charge in [0.05, 0.1) is 6.42 Å². The van der Waals surface area contributed by atoms with Gasteiger partial charge in [0.1, 0.15) is 12.2 Å². The van der Waals surface area contributed by atoms with Gasteiger partial charge in [0.15, 0.2) is 0 Å². The van der Waals surface area contributed by atoms with Gasteiger partial charge in [0.2, 0.25) is 5.91 Å². The topological polar surface area (TPSA) is 51.0 Å². The predicted molar refractivity (Wildman–Crippen MR) is 98.8 cm³/mol. The number of hydrogen-bond acceptors (Lipinski definition) is 3. The fraction of sp³-hybridized carbons (Fsp3) is 0.571. The largest absolute Gasteiger partial charge is 0.341 e. The van der Waals surface area contributed by atoms with Gasteiger partial charge < -0.3 is 9.47 Å². The molecule has 1 aliphatic heterocycles. The van der Waals surface area contributed by atoms with Gasteiger partial charge in [-0.2, -0.15) is 0 Å². The van der Waals surface area contributed by atoms with Crippen molar-refractivity contribution in [1.29, 1.82) is 0 Å². The van der Waals surface area contributed by atoms with Crippen LogP contribution in [0.3, 0.4) is 0 Å². The first kappa shape index (κ1) is 16.0. The number of carbonyl (C=O) groups is 1. The molecule has 0 radical (unpaired) electrons. The molecule has 5 rings (SSSR count). The highest BCUT2D eigenvalue weighted by atomic mass is 16.2. The summed E-state index contributed by atoms with van der Waals surface area (Å²) in [6.07, 6.45) is 8.57. The molecule has 0 bridgehead atoms. The standard InChI is InChI=1S/C21H26N4O/c1-15-5-2-3-6-16(15)11-19(26)24-12-18(21(13-24)9-4-10-21)20-23-22-14-25(20)17-7-8-17/h2-3,5-6,14,17-18H,4,7-13H2,1H3. The molecule has 2 aromatic rings. The molecule has 2 saturated carbocycles. The van der Waals surface area contributed by atoms with Crippen molar-refractivity contribution < 1.29 is 4.79 Å². The van der Waals surface area contributed by atoms with E-state index in [0.29, 0.717) is 18.4 Å². The molecule has 1 amide bonds. The Morgan fingerprint density at radius 3 is 2.77 bits per heavy atom. The van der Waals surface area contributed by atoms with Crippen LogP contribution in [0.25, 0.3) is 0 Å². The average molecular weight is 350 g/mol. The van der Waals surface area contributed by atoms with Gasteiger partial charge in [-0.15, -0.1) is 10.2 Å². The van der Waals surface area contributed by atoms with E-state index in [-0.39, 0.29) is 11.3 Å². The van der Waals surface area contributed by atoms with Crippen LogP contribution in [-0.4, -0.2) is 38.7 Å². The molecule has 3 aliphatic rings.